The number of halogens is 3. The number of aryl methyl sites for hydroxylation is 1. The van der Waals surface area contributed by atoms with Gasteiger partial charge in [-0.1, -0.05) is 0 Å². The smallest absolute Gasteiger partial charge is 0.433 e. The lowest BCUT2D eigenvalue weighted by molar-refractivity contribution is -0.141. The van der Waals surface area contributed by atoms with Crippen molar-refractivity contribution in [3.63, 3.8) is 0 Å². The van der Waals surface area contributed by atoms with Gasteiger partial charge in [0.15, 0.2) is 11.6 Å². The Morgan fingerprint density at radius 1 is 1.06 bits per heavy atom. The van der Waals surface area contributed by atoms with Crippen molar-refractivity contribution in [1.82, 2.24) is 34.5 Å². The van der Waals surface area contributed by atoms with Crippen molar-refractivity contribution in [2.75, 3.05) is 7.11 Å². The van der Waals surface area contributed by atoms with Crippen molar-refractivity contribution in [3.05, 3.63) is 64.8 Å². The summed E-state index contributed by atoms with van der Waals surface area (Å²) in [4.78, 5) is 12.5. The minimum absolute atomic E-state index is 0.492. The molecule has 0 N–H and O–H groups in total. The third-order valence-corrected chi connectivity index (χ3v) is 6.48. The van der Waals surface area contributed by atoms with E-state index in [1.165, 1.54) is 18.6 Å². The molecular formula is C25H26F3N7O. The van der Waals surface area contributed by atoms with Crippen molar-refractivity contribution >= 4 is 0 Å². The second-order valence-corrected chi connectivity index (χ2v) is 9.14. The monoisotopic (exact) mass is 497 g/mol. The van der Waals surface area contributed by atoms with Crippen LogP contribution in [0.5, 0.6) is 5.75 Å². The summed E-state index contributed by atoms with van der Waals surface area (Å²) >= 11 is 0. The van der Waals surface area contributed by atoms with Crippen LogP contribution in [0.15, 0.2) is 30.7 Å². The molecule has 1 saturated carbocycles. The number of methoxy groups -OCH3 is 1. The Balaban J connectivity index is 1.50. The summed E-state index contributed by atoms with van der Waals surface area (Å²) in [5.41, 5.74) is 4.51. The van der Waals surface area contributed by atoms with Gasteiger partial charge in [0.25, 0.3) is 0 Å². The van der Waals surface area contributed by atoms with Gasteiger partial charge in [-0.15, -0.1) is 0 Å². The topological polar surface area (TPSA) is 83.5 Å². The van der Waals surface area contributed by atoms with Gasteiger partial charge in [-0.3, -0.25) is 9.67 Å². The minimum Gasteiger partial charge on any atom is -0.493 e. The highest BCUT2D eigenvalue weighted by Crippen LogP contribution is 2.34. The van der Waals surface area contributed by atoms with Crippen molar-refractivity contribution in [2.24, 2.45) is 5.92 Å². The van der Waals surface area contributed by atoms with E-state index in [1.54, 1.807) is 11.8 Å². The van der Waals surface area contributed by atoms with E-state index in [-0.39, 0.29) is 0 Å². The Hall–Kier alpha value is -3.76. The Bertz CT molecular complexity index is 1400. The van der Waals surface area contributed by atoms with Crippen LogP contribution in [0.4, 0.5) is 13.2 Å². The van der Waals surface area contributed by atoms with Gasteiger partial charge in [0, 0.05) is 36.5 Å². The zero-order valence-electron chi connectivity index (χ0n) is 20.5. The van der Waals surface area contributed by atoms with E-state index >= 15 is 0 Å². The molecule has 0 radical (unpaired) electrons. The first kappa shape index (κ1) is 24.0. The van der Waals surface area contributed by atoms with Crippen LogP contribution >= 0.6 is 0 Å². The minimum atomic E-state index is -4.48. The van der Waals surface area contributed by atoms with Gasteiger partial charge in [-0.05, 0) is 57.2 Å². The summed E-state index contributed by atoms with van der Waals surface area (Å²) in [6, 6.07) is 4.30. The third-order valence-electron chi connectivity index (χ3n) is 6.48. The molecule has 0 spiro atoms. The van der Waals surface area contributed by atoms with Gasteiger partial charge in [0.2, 0.25) is 0 Å². The van der Waals surface area contributed by atoms with E-state index in [9.17, 15) is 13.2 Å². The zero-order chi connectivity index (χ0) is 25.6. The number of rotatable bonds is 7. The molecule has 1 aliphatic rings. The summed E-state index contributed by atoms with van der Waals surface area (Å²) < 4.78 is 48.1. The number of aromatic nitrogens is 7. The van der Waals surface area contributed by atoms with Crippen LogP contribution in [0, 0.1) is 26.7 Å². The van der Waals surface area contributed by atoms with E-state index in [1.807, 2.05) is 31.5 Å². The predicted molar refractivity (Wildman–Crippen MR) is 126 cm³/mol. The molecule has 4 heterocycles. The van der Waals surface area contributed by atoms with E-state index in [4.69, 9.17) is 9.84 Å². The second kappa shape index (κ2) is 9.03. The predicted octanol–water partition coefficient (Wildman–Crippen LogP) is 4.87. The Morgan fingerprint density at radius 2 is 1.83 bits per heavy atom. The van der Waals surface area contributed by atoms with Crippen molar-refractivity contribution in [2.45, 2.75) is 52.8 Å². The molecule has 11 heteroatoms. The summed E-state index contributed by atoms with van der Waals surface area (Å²) in [5, 5.41) is 9.33. The molecule has 0 aromatic carbocycles. The molecule has 8 nitrogen and oxygen atoms in total. The summed E-state index contributed by atoms with van der Waals surface area (Å²) in [6.45, 7) is 6.49. The Labute approximate surface area is 206 Å². The van der Waals surface area contributed by atoms with Gasteiger partial charge >= 0.3 is 6.18 Å². The lowest BCUT2D eigenvalue weighted by atomic mass is 10.1. The van der Waals surface area contributed by atoms with Gasteiger partial charge in [0.05, 0.1) is 24.2 Å². The summed E-state index contributed by atoms with van der Waals surface area (Å²) in [6.07, 6.45) is 1.04. The van der Waals surface area contributed by atoms with Gasteiger partial charge < -0.3 is 4.74 Å². The average molecular weight is 498 g/mol. The Kier molecular flexibility index (Phi) is 6.01. The quantitative estimate of drug-likeness (QED) is 0.362. The zero-order valence-corrected chi connectivity index (χ0v) is 20.5. The molecule has 188 valence electrons. The van der Waals surface area contributed by atoms with Crippen LogP contribution in [-0.4, -0.2) is 41.6 Å². The van der Waals surface area contributed by atoms with Gasteiger partial charge in [0.1, 0.15) is 17.7 Å². The first-order valence-electron chi connectivity index (χ1n) is 11.7. The molecule has 0 unspecified atom stereocenters. The van der Waals surface area contributed by atoms with E-state index in [2.05, 4.69) is 20.1 Å². The molecule has 4 aromatic heterocycles. The Morgan fingerprint density at radius 3 is 2.44 bits per heavy atom. The van der Waals surface area contributed by atoms with Crippen molar-refractivity contribution in [1.29, 1.82) is 0 Å². The summed E-state index contributed by atoms with van der Waals surface area (Å²) in [5.74, 6) is 1.90. The molecule has 0 aliphatic heterocycles. The van der Waals surface area contributed by atoms with Crippen LogP contribution < -0.4 is 4.74 Å². The van der Waals surface area contributed by atoms with Crippen LogP contribution in [-0.2, 0) is 19.1 Å². The molecule has 1 aliphatic carbocycles. The highest BCUT2D eigenvalue weighted by atomic mass is 19.4. The van der Waals surface area contributed by atoms with Crippen LogP contribution in [0.2, 0.25) is 0 Å². The van der Waals surface area contributed by atoms with Crippen LogP contribution in [0.3, 0.4) is 0 Å². The normalized spacial score (nSPS) is 13.9. The van der Waals surface area contributed by atoms with Gasteiger partial charge in [-0.25, -0.2) is 14.6 Å². The fourth-order valence-electron chi connectivity index (χ4n) is 4.40. The number of hydrogen-bond donors (Lipinski definition) is 0. The van der Waals surface area contributed by atoms with E-state index in [0.717, 1.165) is 53.8 Å². The number of alkyl halides is 3. The van der Waals surface area contributed by atoms with Gasteiger partial charge in [-0.2, -0.15) is 23.4 Å². The molecular weight excluding hydrogens is 471 g/mol. The lowest BCUT2D eigenvalue weighted by Crippen LogP contribution is -2.10. The lowest BCUT2D eigenvalue weighted by Gasteiger charge is -2.09. The van der Waals surface area contributed by atoms with E-state index < -0.39 is 11.9 Å². The first-order valence-corrected chi connectivity index (χ1v) is 11.7. The van der Waals surface area contributed by atoms with Crippen LogP contribution in [0.25, 0.3) is 17.1 Å². The van der Waals surface area contributed by atoms with Crippen LogP contribution in [0.1, 0.15) is 46.9 Å². The van der Waals surface area contributed by atoms with Crippen molar-refractivity contribution < 1.29 is 17.9 Å². The first-order chi connectivity index (χ1) is 17.2. The SMILES string of the molecule is COc1c(C)nn(-c2cc(Cc3c(C)c(-c4ccc(C(F)(F)F)nc4)nn3CC3CC3)ncn2)c1C. The standard InChI is InChI=1S/C25H26F3N7O/c1-14-20(9-19-10-22(31-13-30-19)35-16(3)24(36-4)15(2)32-35)34(12-17-5-6-17)33-23(14)18-7-8-21(29-11-18)25(26,27)28/h7-8,10-11,13,17H,5-6,9,12H2,1-4H3. The maximum Gasteiger partial charge on any atom is 0.433 e. The number of ether oxygens (including phenoxy) is 1. The van der Waals surface area contributed by atoms with E-state index in [0.29, 0.717) is 35.2 Å². The highest BCUT2D eigenvalue weighted by Gasteiger charge is 2.32. The maximum atomic E-state index is 13.0. The van der Waals surface area contributed by atoms with Crippen molar-refractivity contribution in [3.8, 4) is 22.8 Å². The maximum absolute atomic E-state index is 13.0. The molecule has 1 fully saturated rings. The molecule has 5 rings (SSSR count). The fourth-order valence-corrected chi connectivity index (χ4v) is 4.40. The average Bonchev–Trinajstić information content (AvgIpc) is 3.55. The molecule has 0 amide bonds. The molecule has 0 atom stereocenters. The fraction of sp³-hybridized carbons (Fsp3) is 0.400. The number of pyridine rings is 1. The number of hydrogen-bond acceptors (Lipinski definition) is 6. The molecule has 0 bridgehead atoms. The summed E-state index contributed by atoms with van der Waals surface area (Å²) in [7, 11) is 1.61. The highest BCUT2D eigenvalue weighted by molar-refractivity contribution is 5.63. The molecule has 36 heavy (non-hydrogen) atoms. The molecule has 4 aromatic rings. The molecule has 0 saturated heterocycles. The number of nitrogens with zero attached hydrogens (tertiary/aromatic N) is 7. The largest absolute Gasteiger partial charge is 0.493 e. The second-order valence-electron chi connectivity index (χ2n) is 9.14. The third kappa shape index (κ3) is 4.57.